The van der Waals surface area contributed by atoms with Gasteiger partial charge in [-0.05, 0) is 35.9 Å². The summed E-state index contributed by atoms with van der Waals surface area (Å²) < 4.78 is 13.4. The Morgan fingerprint density at radius 3 is 2.71 bits per heavy atom. The first-order valence-corrected chi connectivity index (χ1v) is 6.89. The molecular formula is C15H13Cl2FN2O. The van der Waals surface area contributed by atoms with Gasteiger partial charge in [-0.2, -0.15) is 0 Å². The fraction of sp³-hybridized carbons (Fsp3) is 0.133. The van der Waals surface area contributed by atoms with Crippen molar-refractivity contribution in [1.29, 1.82) is 0 Å². The number of nitrogens with two attached hydrogens (primary N) is 1. The van der Waals surface area contributed by atoms with Gasteiger partial charge in [0.1, 0.15) is 5.82 Å². The van der Waals surface area contributed by atoms with Crippen LogP contribution in [0.15, 0.2) is 36.4 Å². The molecule has 3 nitrogen and oxygen atoms in total. The summed E-state index contributed by atoms with van der Waals surface area (Å²) in [4.78, 5) is 13.7. The van der Waals surface area contributed by atoms with E-state index in [1.54, 1.807) is 25.2 Å². The van der Waals surface area contributed by atoms with Gasteiger partial charge in [0.25, 0.3) is 5.91 Å². The van der Waals surface area contributed by atoms with Crippen LogP contribution in [-0.2, 0) is 6.54 Å². The Morgan fingerprint density at radius 1 is 1.29 bits per heavy atom. The predicted octanol–water partition coefficient (Wildman–Crippen LogP) is 3.99. The molecule has 0 aliphatic carbocycles. The van der Waals surface area contributed by atoms with Gasteiger partial charge in [-0.15, -0.1) is 0 Å². The van der Waals surface area contributed by atoms with Crippen molar-refractivity contribution in [2.75, 3.05) is 12.8 Å². The van der Waals surface area contributed by atoms with E-state index in [4.69, 9.17) is 28.9 Å². The summed E-state index contributed by atoms with van der Waals surface area (Å²) in [7, 11) is 1.59. The molecule has 0 aromatic heterocycles. The standard InChI is InChI=1S/C15H13Cl2FN2O/c1-20(8-9-7-10(19)5-6-12(9)16)15(21)11-3-2-4-13(18)14(11)17/h2-7H,8,19H2,1H3. The zero-order valence-electron chi connectivity index (χ0n) is 11.2. The number of carbonyl (C=O) groups is 1. The smallest absolute Gasteiger partial charge is 0.255 e. The van der Waals surface area contributed by atoms with E-state index in [-0.39, 0.29) is 17.1 Å². The summed E-state index contributed by atoms with van der Waals surface area (Å²) in [5.74, 6) is -1.02. The highest BCUT2D eigenvalue weighted by Gasteiger charge is 2.18. The summed E-state index contributed by atoms with van der Waals surface area (Å²) >= 11 is 11.9. The van der Waals surface area contributed by atoms with Gasteiger partial charge in [-0.1, -0.05) is 29.3 Å². The maximum Gasteiger partial charge on any atom is 0.255 e. The van der Waals surface area contributed by atoms with Gasteiger partial charge in [0.2, 0.25) is 0 Å². The van der Waals surface area contributed by atoms with Gasteiger partial charge in [-0.3, -0.25) is 4.79 Å². The Bertz CT molecular complexity index is 691. The molecule has 2 rings (SSSR count). The van der Waals surface area contributed by atoms with Gasteiger partial charge in [0, 0.05) is 24.3 Å². The number of amides is 1. The second kappa shape index (κ2) is 6.33. The molecule has 0 bridgehead atoms. The molecule has 110 valence electrons. The fourth-order valence-electron chi connectivity index (χ4n) is 1.92. The van der Waals surface area contributed by atoms with Crippen molar-refractivity contribution in [2.45, 2.75) is 6.54 Å². The van der Waals surface area contributed by atoms with E-state index in [2.05, 4.69) is 0 Å². The first-order valence-electron chi connectivity index (χ1n) is 6.13. The fourth-order valence-corrected chi connectivity index (χ4v) is 2.30. The van der Waals surface area contributed by atoms with Crippen LogP contribution >= 0.6 is 23.2 Å². The summed E-state index contributed by atoms with van der Waals surface area (Å²) in [5.41, 5.74) is 7.08. The number of hydrogen-bond donors (Lipinski definition) is 1. The molecule has 0 heterocycles. The largest absolute Gasteiger partial charge is 0.399 e. The first-order chi connectivity index (χ1) is 9.90. The molecule has 2 aromatic carbocycles. The van der Waals surface area contributed by atoms with Crippen LogP contribution in [0.4, 0.5) is 10.1 Å². The number of anilines is 1. The van der Waals surface area contributed by atoms with Crippen LogP contribution in [0, 0.1) is 5.82 Å². The summed E-state index contributed by atoms with van der Waals surface area (Å²) in [6, 6.07) is 9.16. The van der Waals surface area contributed by atoms with Crippen LogP contribution in [0.3, 0.4) is 0 Å². The lowest BCUT2D eigenvalue weighted by molar-refractivity contribution is 0.0785. The van der Waals surface area contributed by atoms with Crippen molar-refractivity contribution in [3.63, 3.8) is 0 Å². The van der Waals surface area contributed by atoms with Gasteiger partial charge in [-0.25, -0.2) is 4.39 Å². The Hall–Kier alpha value is -1.78. The lowest BCUT2D eigenvalue weighted by Crippen LogP contribution is -2.26. The average molecular weight is 327 g/mol. The lowest BCUT2D eigenvalue weighted by Gasteiger charge is -2.19. The first kappa shape index (κ1) is 15.6. The predicted molar refractivity (Wildman–Crippen MR) is 83.1 cm³/mol. The van der Waals surface area contributed by atoms with Crippen molar-refractivity contribution < 1.29 is 9.18 Å². The highest BCUT2D eigenvalue weighted by atomic mass is 35.5. The van der Waals surface area contributed by atoms with Gasteiger partial charge in [0.05, 0.1) is 10.6 Å². The van der Waals surface area contributed by atoms with Crippen molar-refractivity contribution in [3.05, 3.63) is 63.4 Å². The molecule has 2 aromatic rings. The monoisotopic (exact) mass is 326 g/mol. The SMILES string of the molecule is CN(Cc1cc(N)ccc1Cl)C(=O)c1cccc(F)c1Cl. The molecule has 0 saturated carbocycles. The van der Waals surface area contributed by atoms with Gasteiger partial charge >= 0.3 is 0 Å². The molecule has 0 fully saturated rings. The minimum Gasteiger partial charge on any atom is -0.399 e. The second-order valence-corrected chi connectivity index (χ2v) is 5.40. The maximum atomic E-state index is 13.4. The third kappa shape index (κ3) is 3.46. The van der Waals surface area contributed by atoms with E-state index < -0.39 is 11.7 Å². The number of halogens is 3. The summed E-state index contributed by atoms with van der Waals surface area (Å²) in [5, 5.41) is 0.321. The third-order valence-electron chi connectivity index (χ3n) is 3.01. The minimum absolute atomic E-state index is 0.110. The maximum absolute atomic E-state index is 13.4. The van der Waals surface area contributed by atoms with Crippen LogP contribution in [-0.4, -0.2) is 17.9 Å². The Labute approximate surface area is 132 Å². The van der Waals surface area contributed by atoms with Crippen LogP contribution < -0.4 is 5.73 Å². The number of nitrogen functional groups attached to an aromatic ring is 1. The van der Waals surface area contributed by atoms with E-state index in [1.807, 2.05) is 0 Å². The average Bonchev–Trinajstić information content (AvgIpc) is 2.45. The summed E-state index contributed by atoms with van der Waals surface area (Å²) in [6.45, 7) is 0.246. The van der Waals surface area contributed by atoms with Gasteiger partial charge < -0.3 is 10.6 Å². The van der Waals surface area contributed by atoms with Crippen LogP contribution in [0.2, 0.25) is 10.0 Å². The molecule has 6 heteroatoms. The molecule has 0 spiro atoms. The Balaban J connectivity index is 2.24. The van der Waals surface area contributed by atoms with E-state index in [0.29, 0.717) is 16.3 Å². The highest BCUT2D eigenvalue weighted by molar-refractivity contribution is 6.34. The number of nitrogens with zero attached hydrogens (tertiary/aromatic N) is 1. The topological polar surface area (TPSA) is 46.3 Å². The summed E-state index contributed by atoms with van der Waals surface area (Å²) in [6.07, 6.45) is 0. The molecule has 0 unspecified atom stereocenters. The van der Waals surface area contributed by atoms with Crippen molar-refractivity contribution in [3.8, 4) is 0 Å². The normalized spacial score (nSPS) is 10.5. The lowest BCUT2D eigenvalue weighted by atomic mass is 10.1. The van der Waals surface area contributed by atoms with Crippen molar-refractivity contribution >= 4 is 34.8 Å². The molecular weight excluding hydrogens is 314 g/mol. The molecule has 2 N–H and O–H groups in total. The van der Waals surface area contributed by atoms with Crippen molar-refractivity contribution in [2.24, 2.45) is 0 Å². The molecule has 0 saturated heterocycles. The van der Waals surface area contributed by atoms with Crippen LogP contribution in [0.5, 0.6) is 0 Å². The molecule has 0 aliphatic heterocycles. The Morgan fingerprint density at radius 2 is 2.00 bits per heavy atom. The van der Waals surface area contributed by atoms with Crippen molar-refractivity contribution in [1.82, 2.24) is 4.90 Å². The number of benzene rings is 2. The minimum atomic E-state index is -0.627. The molecule has 1 amide bonds. The zero-order chi connectivity index (χ0) is 15.6. The van der Waals surface area contributed by atoms with E-state index >= 15 is 0 Å². The van der Waals surface area contributed by atoms with Crippen LogP contribution in [0.1, 0.15) is 15.9 Å². The molecule has 0 aliphatic rings. The van der Waals surface area contributed by atoms with E-state index in [0.717, 1.165) is 0 Å². The third-order valence-corrected chi connectivity index (χ3v) is 3.76. The quantitative estimate of drug-likeness (QED) is 0.867. The highest BCUT2D eigenvalue weighted by Crippen LogP contribution is 2.24. The number of rotatable bonds is 3. The Kier molecular flexibility index (Phi) is 4.70. The van der Waals surface area contributed by atoms with Crippen LogP contribution in [0.25, 0.3) is 0 Å². The second-order valence-electron chi connectivity index (χ2n) is 4.61. The van der Waals surface area contributed by atoms with Gasteiger partial charge in [0.15, 0.2) is 0 Å². The molecule has 0 radical (unpaired) electrons. The zero-order valence-corrected chi connectivity index (χ0v) is 12.7. The van der Waals surface area contributed by atoms with E-state index in [1.165, 1.54) is 23.1 Å². The molecule has 0 atom stereocenters. The number of hydrogen-bond acceptors (Lipinski definition) is 2. The molecule has 21 heavy (non-hydrogen) atoms. The van der Waals surface area contributed by atoms with E-state index in [9.17, 15) is 9.18 Å². The number of carbonyl (C=O) groups excluding carboxylic acids is 1.